The van der Waals surface area contributed by atoms with E-state index in [2.05, 4.69) is 34.7 Å². The summed E-state index contributed by atoms with van der Waals surface area (Å²) in [5.41, 5.74) is 1.01. The average molecular weight is 319 g/mol. The Morgan fingerprint density at radius 1 is 1.13 bits per heavy atom. The number of piperazine rings is 1. The first-order valence-electron chi connectivity index (χ1n) is 8.35. The predicted octanol–water partition coefficient (Wildman–Crippen LogP) is 1.51. The van der Waals surface area contributed by atoms with Gasteiger partial charge in [0.05, 0.1) is 6.04 Å². The molecule has 0 N–H and O–H groups in total. The maximum atomic E-state index is 12.1. The lowest BCUT2D eigenvalue weighted by Crippen LogP contribution is -2.53. The molecule has 2 heterocycles. The molecule has 0 aromatic carbocycles. The van der Waals surface area contributed by atoms with Gasteiger partial charge >= 0.3 is 0 Å². The summed E-state index contributed by atoms with van der Waals surface area (Å²) in [7, 11) is 3.62. The van der Waals surface area contributed by atoms with Crippen LogP contribution in [0.15, 0.2) is 6.07 Å². The van der Waals surface area contributed by atoms with E-state index in [1.165, 1.54) is 0 Å². The van der Waals surface area contributed by atoms with Crippen LogP contribution in [0.4, 0.5) is 5.82 Å². The number of aryl methyl sites for hydroxylation is 1. The predicted molar refractivity (Wildman–Crippen MR) is 92.8 cm³/mol. The van der Waals surface area contributed by atoms with E-state index in [9.17, 15) is 4.79 Å². The van der Waals surface area contributed by atoms with Gasteiger partial charge in [0.15, 0.2) is 0 Å². The number of hydrogen-bond donors (Lipinski definition) is 0. The number of anilines is 1. The standard InChI is InChI=1S/C17H29N5O/c1-12(2)16-18-13(3)11-15(19-16)22-9-7-21(8-10-22)14(4)17(23)20(5)6/h11-12,14H,7-10H2,1-6H3/t14-/m0/s1. The molecule has 2 rings (SSSR count). The minimum Gasteiger partial charge on any atom is -0.354 e. The summed E-state index contributed by atoms with van der Waals surface area (Å²) in [6.45, 7) is 11.8. The Morgan fingerprint density at radius 2 is 1.74 bits per heavy atom. The first-order chi connectivity index (χ1) is 10.8. The zero-order valence-electron chi connectivity index (χ0n) is 15.2. The molecule has 1 aliphatic heterocycles. The highest BCUT2D eigenvalue weighted by molar-refractivity contribution is 5.81. The van der Waals surface area contributed by atoms with Crippen molar-refractivity contribution in [2.75, 3.05) is 45.2 Å². The van der Waals surface area contributed by atoms with E-state index >= 15 is 0 Å². The number of amides is 1. The van der Waals surface area contributed by atoms with Crippen LogP contribution in [-0.2, 0) is 4.79 Å². The molecule has 1 amide bonds. The molecule has 1 atom stereocenters. The van der Waals surface area contributed by atoms with Gasteiger partial charge in [0.2, 0.25) is 5.91 Å². The average Bonchev–Trinajstić information content (AvgIpc) is 2.52. The zero-order chi connectivity index (χ0) is 17.1. The van der Waals surface area contributed by atoms with E-state index in [0.717, 1.165) is 43.5 Å². The molecule has 1 aliphatic rings. The summed E-state index contributed by atoms with van der Waals surface area (Å²) in [4.78, 5) is 27.5. The van der Waals surface area contributed by atoms with Crippen LogP contribution in [0, 0.1) is 6.92 Å². The Kier molecular flexibility index (Phi) is 5.57. The van der Waals surface area contributed by atoms with E-state index < -0.39 is 0 Å². The third-order valence-electron chi connectivity index (χ3n) is 4.36. The molecule has 0 aliphatic carbocycles. The molecular formula is C17H29N5O. The van der Waals surface area contributed by atoms with Gasteiger partial charge in [-0.05, 0) is 13.8 Å². The summed E-state index contributed by atoms with van der Waals surface area (Å²) < 4.78 is 0. The minimum atomic E-state index is -0.0643. The highest BCUT2D eigenvalue weighted by Gasteiger charge is 2.27. The van der Waals surface area contributed by atoms with Gasteiger partial charge in [0.1, 0.15) is 11.6 Å². The van der Waals surface area contributed by atoms with Gasteiger partial charge in [-0.3, -0.25) is 9.69 Å². The molecule has 1 saturated heterocycles. The molecule has 1 fully saturated rings. The highest BCUT2D eigenvalue weighted by Crippen LogP contribution is 2.19. The van der Waals surface area contributed by atoms with Gasteiger partial charge in [-0.1, -0.05) is 13.8 Å². The second kappa shape index (κ2) is 7.25. The topological polar surface area (TPSA) is 52.6 Å². The van der Waals surface area contributed by atoms with Crippen LogP contribution in [0.25, 0.3) is 0 Å². The Labute approximate surface area is 139 Å². The van der Waals surface area contributed by atoms with Crippen molar-refractivity contribution in [3.8, 4) is 0 Å². The quantitative estimate of drug-likeness (QED) is 0.842. The SMILES string of the molecule is Cc1cc(N2CCN([C@@H](C)C(=O)N(C)C)CC2)nc(C(C)C)n1. The molecule has 0 unspecified atom stereocenters. The Hall–Kier alpha value is -1.69. The fraction of sp³-hybridized carbons (Fsp3) is 0.706. The van der Waals surface area contributed by atoms with Crippen molar-refractivity contribution in [1.29, 1.82) is 0 Å². The summed E-state index contributed by atoms with van der Waals surface area (Å²) in [5, 5.41) is 0. The lowest BCUT2D eigenvalue weighted by atomic mass is 10.2. The second-order valence-corrected chi connectivity index (χ2v) is 6.81. The van der Waals surface area contributed by atoms with Crippen LogP contribution in [-0.4, -0.2) is 72.0 Å². The number of carbonyl (C=O) groups is 1. The van der Waals surface area contributed by atoms with Gasteiger partial charge in [-0.15, -0.1) is 0 Å². The van der Waals surface area contributed by atoms with E-state index in [0.29, 0.717) is 5.92 Å². The number of likely N-dealkylation sites (N-methyl/N-ethyl adjacent to an activating group) is 1. The lowest BCUT2D eigenvalue weighted by Gasteiger charge is -2.38. The van der Waals surface area contributed by atoms with Crippen molar-refractivity contribution in [3.63, 3.8) is 0 Å². The van der Waals surface area contributed by atoms with Crippen LogP contribution < -0.4 is 4.90 Å². The summed E-state index contributed by atoms with van der Waals surface area (Å²) >= 11 is 0. The van der Waals surface area contributed by atoms with Gasteiger partial charge in [0, 0.05) is 58.0 Å². The van der Waals surface area contributed by atoms with Crippen LogP contribution in [0.3, 0.4) is 0 Å². The van der Waals surface area contributed by atoms with E-state index in [4.69, 9.17) is 4.98 Å². The molecule has 0 bridgehead atoms. The van der Waals surface area contributed by atoms with Crippen molar-refractivity contribution in [2.24, 2.45) is 0 Å². The van der Waals surface area contributed by atoms with Crippen LogP contribution in [0.5, 0.6) is 0 Å². The molecule has 6 heteroatoms. The van der Waals surface area contributed by atoms with E-state index in [1.54, 1.807) is 4.90 Å². The lowest BCUT2D eigenvalue weighted by molar-refractivity contribution is -0.133. The van der Waals surface area contributed by atoms with Crippen LogP contribution in [0.1, 0.15) is 38.2 Å². The molecule has 0 spiro atoms. The molecular weight excluding hydrogens is 290 g/mol. The summed E-state index contributed by atoms with van der Waals surface area (Å²) in [6, 6.07) is 1.99. The molecule has 1 aromatic heterocycles. The normalized spacial score (nSPS) is 17.4. The monoisotopic (exact) mass is 319 g/mol. The van der Waals surface area contributed by atoms with Crippen molar-refractivity contribution in [3.05, 3.63) is 17.6 Å². The summed E-state index contributed by atoms with van der Waals surface area (Å²) in [5.74, 6) is 2.40. The number of carbonyl (C=O) groups excluding carboxylic acids is 1. The molecule has 0 saturated carbocycles. The van der Waals surface area contributed by atoms with Crippen LogP contribution >= 0.6 is 0 Å². The fourth-order valence-corrected chi connectivity index (χ4v) is 2.86. The maximum Gasteiger partial charge on any atom is 0.239 e. The van der Waals surface area contributed by atoms with Crippen molar-refractivity contribution >= 4 is 11.7 Å². The maximum absolute atomic E-state index is 12.1. The van der Waals surface area contributed by atoms with Gasteiger partial charge in [-0.2, -0.15) is 0 Å². The highest BCUT2D eigenvalue weighted by atomic mass is 16.2. The van der Waals surface area contributed by atoms with Crippen molar-refractivity contribution in [1.82, 2.24) is 19.8 Å². The van der Waals surface area contributed by atoms with E-state index in [1.807, 2.05) is 27.9 Å². The fourth-order valence-electron chi connectivity index (χ4n) is 2.86. The second-order valence-electron chi connectivity index (χ2n) is 6.81. The van der Waals surface area contributed by atoms with Crippen molar-refractivity contribution < 1.29 is 4.79 Å². The Bertz CT molecular complexity index is 550. The third kappa shape index (κ3) is 4.19. The smallest absolute Gasteiger partial charge is 0.239 e. The Balaban J connectivity index is 2.03. The van der Waals surface area contributed by atoms with Crippen molar-refractivity contribution in [2.45, 2.75) is 39.7 Å². The third-order valence-corrected chi connectivity index (χ3v) is 4.36. The molecule has 0 radical (unpaired) electrons. The molecule has 1 aromatic rings. The minimum absolute atomic E-state index is 0.0643. The number of nitrogens with zero attached hydrogens (tertiary/aromatic N) is 5. The Morgan fingerprint density at radius 3 is 2.26 bits per heavy atom. The first kappa shape index (κ1) is 17.7. The molecule has 128 valence electrons. The van der Waals surface area contributed by atoms with E-state index in [-0.39, 0.29) is 11.9 Å². The largest absolute Gasteiger partial charge is 0.354 e. The number of hydrogen-bond acceptors (Lipinski definition) is 5. The first-order valence-corrected chi connectivity index (χ1v) is 8.35. The van der Waals surface area contributed by atoms with Gasteiger partial charge in [-0.25, -0.2) is 9.97 Å². The molecule has 23 heavy (non-hydrogen) atoms. The summed E-state index contributed by atoms with van der Waals surface area (Å²) in [6.07, 6.45) is 0. The molecule has 6 nitrogen and oxygen atoms in total. The zero-order valence-corrected chi connectivity index (χ0v) is 15.2. The van der Waals surface area contributed by atoms with Crippen LogP contribution in [0.2, 0.25) is 0 Å². The van der Waals surface area contributed by atoms with Gasteiger partial charge < -0.3 is 9.80 Å². The number of aromatic nitrogens is 2. The number of rotatable bonds is 4. The van der Waals surface area contributed by atoms with Gasteiger partial charge in [0.25, 0.3) is 0 Å².